The van der Waals surface area contributed by atoms with Gasteiger partial charge in [-0.25, -0.2) is 15.0 Å². The molecule has 1 atom stereocenters. The van der Waals surface area contributed by atoms with E-state index >= 15 is 0 Å². The number of fused-ring (bicyclic) bond motifs is 6. The lowest BCUT2D eigenvalue weighted by Gasteiger charge is -2.23. The van der Waals surface area contributed by atoms with E-state index in [-0.39, 0.29) is 5.92 Å². The van der Waals surface area contributed by atoms with E-state index in [9.17, 15) is 0 Å². The first kappa shape index (κ1) is 43.3. The summed E-state index contributed by atoms with van der Waals surface area (Å²) >= 11 is 0. The van der Waals surface area contributed by atoms with Crippen LogP contribution in [0.1, 0.15) is 47.7 Å². The van der Waals surface area contributed by atoms with Crippen LogP contribution in [0, 0.1) is 0 Å². The van der Waals surface area contributed by atoms with E-state index in [1.807, 2.05) is 6.07 Å². The molecule has 3 aromatic heterocycles. The van der Waals surface area contributed by atoms with E-state index < -0.39 is 0 Å². The summed E-state index contributed by atoms with van der Waals surface area (Å²) in [5, 5.41) is 4.82. The predicted octanol–water partition coefficient (Wildman–Crippen LogP) is 17.5. The zero-order valence-corrected chi connectivity index (χ0v) is 40.7. The summed E-state index contributed by atoms with van der Waals surface area (Å²) < 4.78 is 4.95. The first-order valence-electron chi connectivity index (χ1n) is 25.7. The quantitative estimate of drug-likeness (QED) is 0.145. The van der Waals surface area contributed by atoms with Gasteiger partial charge in [-0.1, -0.05) is 200 Å². The smallest absolute Gasteiger partial charge is 0.164 e. The minimum atomic E-state index is 0.134. The van der Waals surface area contributed by atoms with Crippen LogP contribution in [-0.2, 0) is 0 Å². The van der Waals surface area contributed by atoms with Crippen LogP contribution < -0.4 is 0 Å². The number of benzene rings is 9. The molecule has 1 unspecified atom stereocenters. The van der Waals surface area contributed by atoms with E-state index in [1.54, 1.807) is 0 Å². The van der Waals surface area contributed by atoms with E-state index in [0.29, 0.717) is 17.5 Å². The van der Waals surface area contributed by atoms with E-state index in [1.165, 1.54) is 54.9 Å². The first-order valence-corrected chi connectivity index (χ1v) is 25.7. The molecule has 0 saturated carbocycles. The Kier molecular flexibility index (Phi) is 10.7. The van der Waals surface area contributed by atoms with Gasteiger partial charge in [-0.05, 0) is 102 Å². The number of aromatic nitrogens is 5. The average Bonchev–Trinajstić information content (AvgIpc) is 3.99. The third-order valence-electron chi connectivity index (χ3n) is 14.9. The fraction of sp³-hybridized carbons (Fsp3) is 0.0580. The van der Waals surface area contributed by atoms with E-state index in [2.05, 4.69) is 258 Å². The maximum absolute atomic E-state index is 5.53. The number of nitrogens with zero attached hydrogens (tertiary/aromatic N) is 5. The highest BCUT2D eigenvalue weighted by Crippen LogP contribution is 2.46. The number of allylic oxidation sites excluding steroid dienone is 8. The van der Waals surface area contributed by atoms with Crippen molar-refractivity contribution in [3.05, 3.63) is 277 Å². The molecule has 0 aliphatic heterocycles. The number of hydrogen-bond donors (Lipinski definition) is 0. The number of para-hydroxylation sites is 3. The van der Waals surface area contributed by atoms with Crippen molar-refractivity contribution in [2.75, 3.05) is 0 Å². The molecule has 12 aromatic rings. The highest BCUT2D eigenvalue weighted by Gasteiger charge is 2.27. The van der Waals surface area contributed by atoms with Crippen molar-refractivity contribution >= 4 is 60.3 Å². The van der Waals surface area contributed by atoms with Gasteiger partial charge in [0, 0.05) is 61.0 Å². The van der Waals surface area contributed by atoms with Crippen LogP contribution in [0.3, 0.4) is 0 Å². The molecule has 5 nitrogen and oxygen atoms in total. The highest BCUT2D eigenvalue weighted by atomic mass is 15.0. The van der Waals surface area contributed by atoms with Gasteiger partial charge >= 0.3 is 0 Å². The Morgan fingerprint density at radius 3 is 1.57 bits per heavy atom. The lowest BCUT2D eigenvalue weighted by atomic mass is 9.83. The highest BCUT2D eigenvalue weighted by molar-refractivity contribution is 6.19. The Balaban J connectivity index is 1.05. The lowest BCUT2D eigenvalue weighted by Crippen LogP contribution is -2.08. The van der Waals surface area contributed by atoms with Crippen LogP contribution in [0.2, 0.25) is 0 Å². The predicted molar refractivity (Wildman–Crippen MR) is 307 cm³/mol. The maximum atomic E-state index is 5.53. The summed E-state index contributed by atoms with van der Waals surface area (Å²) in [6.07, 6.45) is 14.5. The lowest BCUT2D eigenvalue weighted by molar-refractivity contribution is 0.867. The van der Waals surface area contributed by atoms with Crippen LogP contribution in [0.5, 0.6) is 0 Å². The molecule has 74 heavy (non-hydrogen) atoms. The SMILES string of the molecule is C1=CC(c2cc(-c3nc(C4=CC(c5ccccc5)CC(c5ccccc5)=C4)nc(-c4ccccc4)n3)cc(-c3ccccc3)c2-n2c3ccccc3c3cc4c(cc32)c2ccccc2n4-c2ccccc2)=CCC1. The molecule has 2 aliphatic carbocycles. The third-order valence-corrected chi connectivity index (χ3v) is 14.9. The molecule has 0 radical (unpaired) electrons. The molecular weight excluding hydrogens is 899 g/mol. The Morgan fingerprint density at radius 2 is 0.919 bits per heavy atom. The van der Waals surface area contributed by atoms with Gasteiger partial charge in [0.2, 0.25) is 0 Å². The Hall–Kier alpha value is -9.45. The number of rotatable bonds is 9. The fourth-order valence-corrected chi connectivity index (χ4v) is 11.5. The van der Waals surface area contributed by atoms with Gasteiger partial charge in [0.15, 0.2) is 17.5 Å². The number of hydrogen-bond acceptors (Lipinski definition) is 3. The summed E-state index contributed by atoms with van der Waals surface area (Å²) in [7, 11) is 0. The molecule has 14 rings (SSSR count). The second-order valence-electron chi connectivity index (χ2n) is 19.4. The molecule has 0 fully saturated rings. The summed E-state index contributed by atoms with van der Waals surface area (Å²) in [5.41, 5.74) is 17.9. The minimum Gasteiger partial charge on any atom is -0.309 e. The standard InChI is InChI=1S/C69H49N5/c1-7-23-46(24-8-1)51-39-52(47-25-9-2-10-26-47)41-53(40-51)68-70-67(50-31-15-5-16-32-50)71-69(72-68)54-42-58(48-27-11-3-12-28-48)66(59(43-54)49-29-13-4-14-30-49)74-63-38-22-20-36-57(63)61-44-64-60(45-65(61)74)56-35-19-21-37-62(56)73(64)55-33-17-6-18-34-55/h1-3,5-13,15-38,40-45,51H,4,14,39H2. The van der Waals surface area contributed by atoms with Crippen LogP contribution in [-0.4, -0.2) is 24.1 Å². The summed E-state index contributed by atoms with van der Waals surface area (Å²) in [4.78, 5) is 16.3. The largest absolute Gasteiger partial charge is 0.309 e. The second-order valence-corrected chi connectivity index (χ2v) is 19.4. The molecule has 0 saturated heterocycles. The molecule has 0 bridgehead atoms. The maximum Gasteiger partial charge on any atom is 0.164 e. The van der Waals surface area contributed by atoms with Crippen molar-refractivity contribution in [3.8, 4) is 45.3 Å². The van der Waals surface area contributed by atoms with Gasteiger partial charge in [-0.3, -0.25) is 0 Å². The van der Waals surface area contributed by atoms with Crippen molar-refractivity contribution in [3.63, 3.8) is 0 Å². The zero-order valence-electron chi connectivity index (χ0n) is 40.7. The molecule has 3 heterocycles. The molecule has 5 heteroatoms. The van der Waals surface area contributed by atoms with Crippen molar-refractivity contribution in [2.24, 2.45) is 0 Å². The molecule has 0 spiro atoms. The summed E-state index contributed by atoms with van der Waals surface area (Å²) in [6.45, 7) is 0. The average molecular weight is 948 g/mol. The topological polar surface area (TPSA) is 48.5 Å². The Labute approximate surface area is 430 Å². The van der Waals surface area contributed by atoms with Gasteiger partial charge in [-0.15, -0.1) is 0 Å². The molecule has 9 aromatic carbocycles. The third kappa shape index (κ3) is 7.60. The van der Waals surface area contributed by atoms with Crippen molar-refractivity contribution in [1.82, 2.24) is 24.1 Å². The Morgan fingerprint density at radius 1 is 0.392 bits per heavy atom. The molecule has 350 valence electrons. The first-order chi connectivity index (χ1) is 36.7. The van der Waals surface area contributed by atoms with Crippen molar-refractivity contribution in [1.29, 1.82) is 0 Å². The molecular formula is C69H49N5. The van der Waals surface area contributed by atoms with Gasteiger partial charge in [0.05, 0.1) is 27.8 Å². The van der Waals surface area contributed by atoms with E-state index in [4.69, 9.17) is 15.0 Å². The molecule has 0 amide bonds. The summed E-state index contributed by atoms with van der Waals surface area (Å²) in [5.74, 6) is 2.03. The van der Waals surface area contributed by atoms with Gasteiger partial charge < -0.3 is 9.13 Å². The zero-order chi connectivity index (χ0) is 49.0. The van der Waals surface area contributed by atoms with Crippen LogP contribution in [0.15, 0.2) is 255 Å². The Bertz CT molecular complexity index is 4240. The van der Waals surface area contributed by atoms with Crippen LogP contribution >= 0.6 is 0 Å². The van der Waals surface area contributed by atoms with Crippen molar-refractivity contribution in [2.45, 2.75) is 25.2 Å². The molecule has 2 aliphatic rings. The van der Waals surface area contributed by atoms with Crippen LogP contribution in [0.4, 0.5) is 0 Å². The minimum absolute atomic E-state index is 0.134. The molecule has 0 N–H and O–H groups in total. The fourth-order valence-electron chi connectivity index (χ4n) is 11.5. The monoisotopic (exact) mass is 947 g/mol. The van der Waals surface area contributed by atoms with Crippen molar-refractivity contribution < 1.29 is 0 Å². The van der Waals surface area contributed by atoms with Gasteiger partial charge in [-0.2, -0.15) is 0 Å². The van der Waals surface area contributed by atoms with Crippen LogP contribution in [0.25, 0.3) is 106 Å². The normalized spacial score (nSPS) is 14.6. The van der Waals surface area contributed by atoms with E-state index in [0.717, 1.165) is 75.1 Å². The summed E-state index contributed by atoms with van der Waals surface area (Å²) in [6, 6.07) is 80.7. The van der Waals surface area contributed by atoms with Gasteiger partial charge in [0.1, 0.15) is 0 Å². The second kappa shape index (κ2) is 18.3. The van der Waals surface area contributed by atoms with Gasteiger partial charge in [0.25, 0.3) is 0 Å².